The number of aromatic nitrogens is 1. The van der Waals surface area contributed by atoms with Crippen molar-refractivity contribution in [3.8, 4) is 10.6 Å². The number of halogens is 2. The number of anilines is 2. The maximum absolute atomic E-state index is 13.6. The number of fused-ring (bicyclic) bond motifs is 1. The molecule has 0 atom stereocenters. The van der Waals surface area contributed by atoms with Gasteiger partial charge in [-0.15, -0.1) is 11.3 Å². The van der Waals surface area contributed by atoms with E-state index in [1.807, 2.05) is 36.4 Å². The number of hydrogen-bond acceptors (Lipinski definition) is 3. The van der Waals surface area contributed by atoms with Gasteiger partial charge in [-0.25, -0.2) is 18.6 Å². The highest BCUT2D eigenvalue weighted by molar-refractivity contribution is 7.21. The molecule has 2 N–H and O–H groups in total. The van der Waals surface area contributed by atoms with Crippen LogP contribution >= 0.6 is 11.3 Å². The molecule has 4 aromatic rings. The van der Waals surface area contributed by atoms with E-state index in [1.54, 1.807) is 23.5 Å². The Balaban J connectivity index is 1.47. The summed E-state index contributed by atoms with van der Waals surface area (Å²) < 4.78 is 27.8. The molecule has 3 aromatic carbocycles. The molecule has 7 heteroatoms. The largest absolute Gasteiger partial charge is 0.323 e. The highest BCUT2D eigenvalue weighted by Crippen LogP contribution is 2.30. The molecule has 0 aliphatic carbocycles. The average Bonchev–Trinajstić information content (AvgIpc) is 3.09. The molecule has 1 aromatic heterocycles. The minimum Gasteiger partial charge on any atom is -0.308 e. The predicted octanol–water partition coefficient (Wildman–Crippen LogP) is 5.89. The van der Waals surface area contributed by atoms with Crippen molar-refractivity contribution < 1.29 is 13.6 Å². The number of para-hydroxylation sites is 1. The molecule has 0 spiro atoms. The van der Waals surface area contributed by atoms with Crippen LogP contribution in [-0.2, 0) is 0 Å². The van der Waals surface area contributed by atoms with Crippen LogP contribution in [0.25, 0.3) is 20.8 Å². The van der Waals surface area contributed by atoms with Crippen LogP contribution in [0.15, 0.2) is 66.7 Å². The highest BCUT2D eigenvalue weighted by atomic mass is 32.1. The van der Waals surface area contributed by atoms with Crippen molar-refractivity contribution in [2.45, 2.75) is 0 Å². The van der Waals surface area contributed by atoms with Crippen LogP contribution < -0.4 is 10.6 Å². The Bertz CT molecular complexity index is 1090. The van der Waals surface area contributed by atoms with Crippen molar-refractivity contribution in [1.29, 1.82) is 0 Å². The summed E-state index contributed by atoms with van der Waals surface area (Å²) in [5.41, 5.74) is 2.17. The number of carbonyl (C=O) groups is 1. The van der Waals surface area contributed by atoms with Crippen molar-refractivity contribution >= 4 is 39.0 Å². The number of thiazole rings is 1. The van der Waals surface area contributed by atoms with Crippen LogP contribution in [0.3, 0.4) is 0 Å². The van der Waals surface area contributed by atoms with Crippen molar-refractivity contribution in [1.82, 2.24) is 4.98 Å². The Morgan fingerprint density at radius 3 is 2.48 bits per heavy atom. The van der Waals surface area contributed by atoms with Gasteiger partial charge >= 0.3 is 6.03 Å². The van der Waals surface area contributed by atoms with Crippen molar-refractivity contribution in [3.05, 3.63) is 78.4 Å². The van der Waals surface area contributed by atoms with Gasteiger partial charge in [-0.05, 0) is 48.5 Å². The highest BCUT2D eigenvalue weighted by Gasteiger charge is 2.09. The smallest absolute Gasteiger partial charge is 0.308 e. The summed E-state index contributed by atoms with van der Waals surface area (Å²) in [6.45, 7) is 0. The molecule has 4 nitrogen and oxygen atoms in total. The van der Waals surface area contributed by atoms with Gasteiger partial charge in [-0.2, -0.15) is 0 Å². The van der Waals surface area contributed by atoms with E-state index < -0.39 is 17.7 Å². The van der Waals surface area contributed by atoms with E-state index in [-0.39, 0.29) is 5.69 Å². The maximum atomic E-state index is 13.6. The van der Waals surface area contributed by atoms with E-state index >= 15 is 0 Å². The molecule has 0 fully saturated rings. The molecule has 0 aliphatic rings. The third-order valence-corrected chi connectivity index (χ3v) is 4.95. The van der Waals surface area contributed by atoms with Gasteiger partial charge in [-0.1, -0.05) is 12.1 Å². The quantitative estimate of drug-likeness (QED) is 0.465. The lowest BCUT2D eigenvalue weighted by Crippen LogP contribution is -2.20. The predicted molar refractivity (Wildman–Crippen MR) is 104 cm³/mol. The lowest BCUT2D eigenvalue weighted by atomic mass is 10.2. The van der Waals surface area contributed by atoms with Gasteiger partial charge in [0, 0.05) is 17.3 Å². The summed E-state index contributed by atoms with van der Waals surface area (Å²) in [4.78, 5) is 16.6. The Kier molecular flexibility index (Phi) is 4.52. The second-order valence-corrected chi connectivity index (χ2v) is 6.80. The number of nitrogens with zero attached hydrogens (tertiary/aromatic N) is 1. The number of carbonyl (C=O) groups excluding carboxylic acids is 1. The van der Waals surface area contributed by atoms with Crippen LogP contribution in [0, 0.1) is 11.6 Å². The molecule has 0 radical (unpaired) electrons. The number of nitrogens with one attached hydrogen (secondary N) is 2. The fourth-order valence-electron chi connectivity index (χ4n) is 2.57. The number of benzene rings is 3. The first-order chi connectivity index (χ1) is 13.1. The molecule has 27 heavy (non-hydrogen) atoms. The molecular weight excluding hydrogens is 368 g/mol. The standard InChI is InChI=1S/C20H13F2N3OS/c21-13-7-10-15(22)17(11-13)25-20(26)23-14-8-5-12(6-9-14)19-24-16-3-1-2-4-18(16)27-19/h1-11H,(H2,23,25,26). The Hall–Kier alpha value is -3.32. The van der Waals surface area contributed by atoms with Gasteiger partial charge in [-0.3, -0.25) is 0 Å². The normalized spacial score (nSPS) is 10.7. The minimum atomic E-state index is -0.710. The molecule has 2 amide bonds. The zero-order valence-electron chi connectivity index (χ0n) is 13.9. The zero-order chi connectivity index (χ0) is 18.8. The van der Waals surface area contributed by atoms with Gasteiger partial charge in [0.25, 0.3) is 0 Å². The van der Waals surface area contributed by atoms with Crippen LogP contribution in [0.5, 0.6) is 0 Å². The number of rotatable bonds is 3. The van der Waals surface area contributed by atoms with Crippen LogP contribution in [0.4, 0.5) is 25.0 Å². The van der Waals surface area contributed by atoms with Gasteiger partial charge in [0.1, 0.15) is 16.6 Å². The Labute approximate surface area is 157 Å². The summed E-state index contributed by atoms with van der Waals surface area (Å²) in [7, 11) is 0. The van der Waals surface area contributed by atoms with Crippen LogP contribution in [0.2, 0.25) is 0 Å². The van der Waals surface area contributed by atoms with Gasteiger partial charge < -0.3 is 10.6 Å². The third-order valence-electron chi connectivity index (χ3n) is 3.86. The van der Waals surface area contributed by atoms with Crippen LogP contribution in [-0.4, -0.2) is 11.0 Å². The van der Waals surface area contributed by atoms with Gasteiger partial charge in [0.05, 0.1) is 15.9 Å². The Morgan fingerprint density at radius 2 is 1.70 bits per heavy atom. The fraction of sp³-hybridized carbons (Fsp3) is 0. The second-order valence-electron chi connectivity index (χ2n) is 5.77. The molecule has 0 bridgehead atoms. The topological polar surface area (TPSA) is 54.0 Å². The van der Waals surface area contributed by atoms with Crippen molar-refractivity contribution in [2.75, 3.05) is 10.6 Å². The molecule has 0 saturated heterocycles. The summed E-state index contributed by atoms with van der Waals surface area (Å²) in [6.07, 6.45) is 0. The first kappa shape index (κ1) is 17.1. The lowest BCUT2D eigenvalue weighted by Gasteiger charge is -2.09. The molecule has 134 valence electrons. The van der Waals surface area contributed by atoms with Crippen LogP contribution in [0.1, 0.15) is 0 Å². The average molecular weight is 381 g/mol. The van der Waals surface area contributed by atoms with Gasteiger partial charge in [0.2, 0.25) is 0 Å². The van der Waals surface area contributed by atoms with E-state index in [9.17, 15) is 13.6 Å². The molecule has 1 heterocycles. The molecule has 0 aliphatic heterocycles. The number of hydrogen-bond donors (Lipinski definition) is 2. The molecular formula is C20H13F2N3OS. The SMILES string of the molecule is O=C(Nc1ccc(-c2nc3ccccc3s2)cc1)Nc1cc(F)ccc1F. The third kappa shape index (κ3) is 3.78. The first-order valence-electron chi connectivity index (χ1n) is 8.07. The van der Waals surface area contributed by atoms with E-state index in [1.165, 1.54) is 0 Å². The number of urea groups is 1. The second kappa shape index (κ2) is 7.13. The van der Waals surface area contributed by atoms with E-state index in [2.05, 4.69) is 15.6 Å². The monoisotopic (exact) mass is 381 g/mol. The molecule has 4 rings (SSSR count). The van der Waals surface area contributed by atoms with Crippen molar-refractivity contribution in [3.63, 3.8) is 0 Å². The fourth-order valence-corrected chi connectivity index (χ4v) is 3.54. The van der Waals surface area contributed by atoms with E-state index in [0.717, 1.165) is 39.0 Å². The first-order valence-corrected chi connectivity index (χ1v) is 8.89. The van der Waals surface area contributed by atoms with Gasteiger partial charge in [0.15, 0.2) is 0 Å². The summed E-state index contributed by atoms with van der Waals surface area (Å²) >= 11 is 1.59. The summed E-state index contributed by atoms with van der Waals surface area (Å²) in [5, 5.41) is 5.76. The molecule has 0 saturated carbocycles. The minimum absolute atomic E-state index is 0.224. The summed E-state index contributed by atoms with van der Waals surface area (Å²) in [6, 6.07) is 17.2. The summed E-state index contributed by atoms with van der Waals surface area (Å²) in [5.74, 6) is -1.34. The zero-order valence-corrected chi connectivity index (χ0v) is 14.7. The number of amides is 2. The molecule has 0 unspecified atom stereocenters. The van der Waals surface area contributed by atoms with E-state index in [4.69, 9.17) is 0 Å². The van der Waals surface area contributed by atoms with E-state index in [0.29, 0.717) is 5.69 Å². The maximum Gasteiger partial charge on any atom is 0.323 e. The van der Waals surface area contributed by atoms with Crippen molar-refractivity contribution in [2.24, 2.45) is 0 Å². The lowest BCUT2D eigenvalue weighted by molar-refractivity contribution is 0.262. The Morgan fingerprint density at radius 1 is 0.926 bits per heavy atom.